The van der Waals surface area contributed by atoms with Crippen molar-refractivity contribution in [3.8, 4) is 11.8 Å². The number of aliphatic hydroxyl groups is 2. The van der Waals surface area contributed by atoms with Gasteiger partial charge in [0, 0.05) is 5.56 Å². The molecule has 0 bridgehead atoms. The second kappa shape index (κ2) is 5.31. The average molecular weight is 256 g/mol. The zero-order chi connectivity index (χ0) is 13.9. The highest BCUT2D eigenvalue weighted by Gasteiger charge is 2.12. The zero-order valence-corrected chi connectivity index (χ0v) is 10.9. The minimum atomic E-state index is -1.01. The van der Waals surface area contributed by atoms with Gasteiger partial charge >= 0.3 is 0 Å². The van der Waals surface area contributed by atoms with Crippen LogP contribution in [0.5, 0.6) is 0 Å². The molecule has 0 aliphatic carbocycles. The second-order valence-corrected chi connectivity index (χ2v) is 4.85. The highest BCUT2D eigenvalue weighted by Crippen LogP contribution is 2.22. The van der Waals surface area contributed by atoms with Crippen LogP contribution in [0.15, 0.2) is 47.1 Å². The van der Waals surface area contributed by atoms with E-state index in [9.17, 15) is 10.2 Å². The quantitative estimate of drug-likeness (QED) is 0.812. The summed E-state index contributed by atoms with van der Waals surface area (Å²) in [5, 5.41) is 19.6. The fourth-order valence-electron chi connectivity index (χ4n) is 1.58. The van der Waals surface area contributed by atoms with Crippen LogP contribution in [-0.2, 0) is 0 Å². The van der Waals surface area contributed by atoms with Gasteiger partial charge in [-0.05, 0) is 43.7 Å². The summed E-state index contributed by atoms with van der Waals surface area (Å²) in [7, 11) is 0. The maximum absolute atomic E-state index is 10.1. The molecule has 0 saturated carbocycles. The Morgan fingerprint density at radius 3 is 2.37 bits per heavy atom. The van der Waals surface area contributed by atoms with E-state index >= 15 is 0 Å². The van der Waals surface area contributed by atoms with E-state index in [1.54, 1.807) is 50.2 Å². The largest absolute Gasteiger partial charge is 0.466 e. The molecule has 0 radical (unpaired) electrons. The summed E-state index contributed by atoms with van der Waals surface area (Å²) in [5.74, 6) is 6.13. The van der Waals surface area contributed by atoms with Crippen LogP contribution in [0.3, 0.4) is 0 Å². The Balaban J connectivity index is 2.16. The third kappa shape index (κ3) is 3.72. The first kappa shape index (κ1) is 13.4. The molecule has 2 N–H and O–H groups in total. The van der Waals surface area contributed by atoms with E-state index in [1.807, 2.05) is 0 Å². The molecule has 1 heterocycles. The summed E-state index contributed by atoms with van der Waals surface area (Å²) in [4.78, 5) is 0. The molecule has 2 aromatic rings. The van der Waals surface area contributed by atoms with Gasteiger partial charge in [-0.25, -0.2) is 0 Å². The SMILES string of the molecule is CC(C)(O)C#Cc1ccc(C(O)c2ccco2)cc1. The highest BCUT2D eigenvalue weighted by atomic mass is 16.4. The van der Waals surface area contributed by atoms with Gasteiger partial charge in [-0.3, -0.25) is 0 Å². The average Bonchev–Trinajstić information content (AvgIpc) is 2.89. The third-order valence-electron chi connectivity index (χ3n) is 2.55. The van der Waals surface area contributed by atoms with Crippen molar-refractivity contribution in [2.24, 2.45) is 0 Å². The molecule has 3 heteroatoms. The van der Waals surface area contributed by atoms with E-state index in [1.165, 1.54) is 6.26 Å². The van der Waals surface area contributed by atoms with Crippen LogP contribution in [0.1, 0.15) is 36.8 Å². The Bertz CT molecular complexity index is 578. The molecule has 0 spiro atoms. The lowest BCUT2D eigenvalue weighted by Gasteiger charge is -2.08. The van der Waals surface area contributed by atoms with Gasteiger partial charge in [-0.1, -0.05) is 24.0 Å². The van der Waals surface area contributed by atoms with E-state index in [4.69, 9.17) is 4.42 Å². The van der Waals surface area contributed by atoms with Crippen molar-refractivity contribution in [2.75, 3.05) is 0 Å². The van der Waals surface area contributed by atoms with Crippen molar-refractivity contribution in [2.45, 2.75) is 25.6 Å². The van der Waals surface area contributed by atoms with Gasteiger partial charge < -0.3 is 14.6 Å². The molecule has 2 rings (SSSR count). The van der Waals surface area contributed by atoms with Crippen molar-refractivity contribution >= 4 is 0 Å². The summed E-state index contributed by atoms with van der Waals surface area (Å²) in [5.41, 5.74) is 0.521. The number of hydrogen-bond donors (Lipinski definition) is 2. The molecule has 98 valence electrons. The Morgan fingerprint density at radius 2 is 1.84 bits per heavy atom. The maximum atomic E-state index is 10.1. The van der Waals surface area contributed by atoms with Gasteiger partial charge in [0.25, 0.3) is 0 Å². The molecule has 0 aliphatic heterocycles. The Morgan fingerprint density at radius 1 is 1.16 bits per heavy atom. The fourth-order valence-corrected chi connectivity index (χ4v) is 1.58. The van der Waals surface area contributed by atoms with Gasteiger partial charge in [-0.2, -0.15) is 0 Å². The van der Waals surface area contributed by atoms with Crippen LogP contribution >= 0.6 is 0 Å². The molecular weight excluding hydrogens is 240 g/mol. The standard InChI is InChI=1S/C16H16O3/c1-16(2,18)10-9-12-5-7-13(8-6-12)15(17)14-4-3-11-19-14/h3-8,11,15,17-18H,1-2H3. The Labute approximate surface area is 112 Å². The lowest BCUT2D eigenvalue weighted by Crippen LogP contribution is -2.14. The maximum Gasteiger partial charge on any atom is 0.137 e. The summed E-state index contributed by atoms with van der Waals surface area (Å²) in [6.45, 7) is 3.27. The van der Waals surface area contributed by atoms with Crippen molar-refractivity contribution in [1.29, 1.82) is 0 Å². The predicted molar refractivity (Wildman–Crippen MR) is 72.4 cm³/mol. The van der Waals surface area contributed by atoms with Crippen LogP contribution in [0.25, 0.3) is 0 Å². The lowest BCUT2D eigenvalue weighted by molar-refractivity contribution is 0.143. The number of benzene rings is 1. The van der Waals surface area contributed by atoms with E-state index in [2.05, 4.69) is 11.8 Å². The molecule has 1 unspecified atom stereocenters. The van der Waals surface area contributed by atoms with Crippen molar-refractivity contribution in [1.82, 2.24) is 0 Å². The van der Waals surface area contributed by atoms with Crippen molar-refractivity contribution in [3.63, 3.8) is 0 Å². The van der Waals surface area contributed by atoms with Gasteiger partial charge in [0.1, 0.15) is 17.5 Å². The summed E-state index contributed by atoms with van der Waals surface area (Å²) >= 11 is 0. The molecule has 1 aromatic carbocycles. The number of furan rings is 1. The monoisotopic (exact) mass is 256 g/mol. The van der Waals surface area contributed by atoms with Crippen molar-refractivity contribution < 1.29 is 14.6 Å². The first-order chi connectivity index (χ1) is 8.96. The first-order valence-electron chi connectivity index (χ1n) is 6.03. The molecule has 1 aromatic heterocycles. The normalized spacial score (nSPS) is 12.6. The lowest BCUT2D eigenvalue weighted by atomic mass is 10.0. The van der Waals surface area contributed by atoms with Gasteiger partial charge in [0.05, 0.1) is 6.26 Å². The van der Waals surface area contributed by atoms with Gasteiger partial charge in [-0.15, -0.1) is 0 Å². The topological polar surface area (TPSA) is 53.6 Å². The van der Waals surface area contributed by atoms with E-state index in [0.717, 1.165) is 11.1 Å². The van der Waals surface area contributed by atoms with Crippen molar-refractivity contribution in [3.05, 3.63) is 59.5 Å². The number of hydrogen-bond acceptors (Lipinski definition) is 3. The van der Waals surface area contributed by atoms with Crippen LogP contribution in [-0.4, -0.2) is 15.8 Å². The summed E-state index contributed by atoms with van der Waals surface area (Å²) in [6, 6.07) is 10.7. The molecule has 1 atom stereocenters. The van der Waals surface area contributed by atoms with E-state index in [-0.39, 0.29) is 0 Å². The van der Waals surface area contributed by atoms with Crippen LogP contribution in [0.4, 0.5) is 0 Å². The van der Waals surface area contributed by atoms with Crippen LogP contribution < -0.4 is 0 Å². The van der Waals surface area contributed by atoms with E-state index in [0.29, 0.717) is 5.76 Å². The highest BCUT2D eigenvalue weighted by molar-refractivity contribution is 5.39. The van der Waals surface area contributed by atoms with Gasteiger partial charge in [0.15, 0.2) is 0 Å². The van der Waals surface area contributed by atoms with Crippen LogP contribution in [0.2, 0.25) is 0 Å². The van der Waals surface area contributed by atoms with Gasteiger partial charge in [0.2, 0.25) is 0 Å². The Hall–Kier alpha value is -2.02. The fraction of sp³-hybridized carbons (Fsp3) is 0.250. The summed E-state index contributed by atoms with van der Waals surface area (Å²) in [6.07, 6.45) is 0.758. The third-order valence-corrected chi connectivity index (χ3v) is 2.55. The molecule has 0 saturated heterocycles. The molecule has 19 heavy (non-hydrogen) atoms. The smallest absolute Gasteiger partial charge is 0.137 e. The molecule has 0 aliphatic rings. The number of rotatable bonds is 2. The molecule has 3 nitrogen and oxygen atoms in total. The molecular formula is C16H16O3. The minimum Gasteiger partial charge on any atom is -0.466 e. The zero-order valence-electron chi connectivity index (χ0n) is 10.9. The van der Waals surface area contributed by atoms with Crippen LogP contribution in [0, 0.1) is 11.8 Å². The predicted octanol–water partition coefficient (Wildman–Crippen LogP) is 2.48. The molecule has 0 fully saturated rings. The molecule has 0 amide bonds. The second-order valence-electron chi connectivity index (χ2n) is 4.85. The Kier molecular flexibility index (Phi) is 3.75. The minimum absolute atomic E-state index is 0.510. The van der Waals surface area contributed by atoms with E-state index < -0.39 is 11.7 Å². The first-order valence-corrected chi connectivity index (χ1v) is 6.03. The number of aliphatic hydroxyl groups excluding tert-OH is 1. The summed E-state index contributed by atoms with van der Waals surface area (Å²) < 4.78 is 5.16.